The van der Waals surface area contributed by atoms with Crippen LogP contribution < -0.4 is 10.6 Å². The first kappa shape index (κ1) is 20.1. The molecule has 1 atom stereocenters. The summed E-state index contributed by atoms with van der Waals surface area (Å²) in [5.74, 6) is 5.43. The van der Waals surface area contributed by atoms with E-state index in [1.165, 1.54) is 6.33 Å². The number of aromatic nitrogens is 3. The van der Waals surface area contributed by atoms with Gasteiger partial charge >= 0.3 is 0 Å². The van der Waals surface area contributed by atoms with Crippen molar-refractivity contribution in [2.75, 3.05) is 17.2 Å². The van der Waals surface area contributed by atoms with Gasteiger partial charge in [0.25, 0.3) is 11.6 Å². The molecule has 0 bridgehead atoms. The fourth-order valence-electron chi connectivity index (χ4n) is 3.04. The first-order chi connectivity index (χ1) is 15.2. The Hall–Kier alpha value is -4.22. The van der Waals surface area contributed by atoms with E-state index in [4.69, 9.17) is 4.42 Å². The lowest BCUT2D eigenvalue weighted by atomic mass is 10.1. The number of carbonyl (C=O) groups is 1. The maximum absolute atomic E-state index is 11.6. The van der Waals surface area contributed by atoms with Crippen LogP contribution in [-0.2, 0) is 4.79 Å². The summed E-state index contributed by atoms with van der Waals surface area (Å²) < 4.78 is 5.80. The highest BCUT2D eigenvalue weighted by Gasteiger charge is 2.17. The van der Waals surface area contributed by atoms with Gasteiger partial charge in [-0.3, -0.25) is 4.79 Å². The molecule has 31 heavy (non-hydrogen) atoms. The van der Waals surface area contributed by atoms with Crippen molar-refractivity contribution in [3.8, 4) is 23.3 Å². The van der Waals surface area contributed by atoms with Crippen LogP contribution in [0.1, 0.15) is 18.5 Å². The Morgan fingerprint density at radius 2 is 1.90 bits per heavy atom. The van der Waals surface area contributed by atoms with E-state index in [9.17, 15) is 9.90 Å². The lowest BCUT2D eigenvalue weighted by molar-refractivity contribution is -0.111. The van der Waals surface area contributed by atoms with Crippen molar-refractivity contribution < 1.29 is 14.3 Å². The molecule has 0 unspecified atom stereocenters. The molecule has 0 aliphatic heterocycles. The predicted octanol–water partition coefficient (Wildman–Crippen LogP) is 3.39. The van der Waals surface area contributed by atoms with Gasteiger partial charge in [-0.25, -0.2) is 9.97 Å². The number of hydrogen-bond acceptors (Lipinski definition) is 7. The summed E-state index contributed by atoms with van der Waals surface area (Å²) in [5.41, 5.74) is 3.04. The van der Waals surface area contributed by atoms with Gasteiger partial charge in [-0.15, -0.1) is 0 Å². The predicted molar refractivity (Wildman–Crippen MR) is 117 cm³/mol. The number of aliphatic hydroxyl groups is 1. The molecule has 0 saturated heterocycles. The van der Waals surface area contributed by atoms with Crippen LogP contribution in [0.15, 0.2) is 65.3 Å². The van der Waals surface area contributed by atoms with Gasteiger partial charge in [0.2, 0.25) is 5.89 Å². The molecular formula is C23H19N5O3. The Morgan fingerprint density at radius 3 is 2.61 bits per heavy atom. The molecule has 0 fully saturated rings. The van der Waals surface area contributed by atoms with E-state index in [-0.39, 0.29) is 18.6 Å². The van der Waals surface area contributed by atoms with E-state index in [0.717, 1.165) is 5.56 Å². The molecule has 2 aromatic carbocycles. The van der Waals surface area contributed by atoms with Crippen LogP contribution in [0.4, 0.5) is 11.5 Å². The zero-order chi connectivity index (χ0) is 21.6. The molecule has 3 N–H and O–H groups in total. The lowest BCUT2D eigenvalue weighted by Gasteiger charge is -2.17. The van der Waals surface area contributed by atoms with Crippen molar-refractivity contribution in [2.24, 2.45) is 0 Å². The number of oxazole rings is 1. The first-order valence-corrected chi connectivity index (χ1v) is 9.56. The number of nitrogens with zero attached hydrogens (tertiary/aromatic N) is 3. The fraction of sp³-hybridized carbons (Fsp3) is 0.130. The highest BCUT2D eigenvalue weighted by Crippen LogP contribution is 2.29. The van der Waals surface area contributed by atoms with Gasteiger partial charge in [-0.05, 0) is 42.7 Å². The summed E-state index contributed by atoms with van der Waals surface area (Å²) in [6, 6.07) is 16.3. The number of nitrogens with one attached hydrogen (secondary N) is 2. The zero-order valence-electron chi connectivity index (χ0n) is 16.7. The smallest absolute Gasteiger partial charge is 0.300 e. The maximum Gasteiger partial charge on any atom is 0.300 e. The zero-order valence-corrected chi connectivity index (χ0v) is 16.7. The standard InChI is InChI=1S/C23H19N5O3/c1-2-6-19(30)26-17-11-9-16(10-12-17)22-28-20-21(24-14-25-23(20)31-22)27-18(13-29)15-7-4-3-5-8-15/h3-5,7-12,14,18,29H,13H2,1H3,(H,26,30)(H,24,25,27)/t18-/m1/s1. The van der Waals surface area contributed by atoms with E-state index in [2.05, 4.69) is 37.4 Å². The topological polar surface area (TPSA) is 113 Å². The second kappa shape index (κ2) is 9.07. The van der Waals surface area contributed by atoms with Gasteiger partial charge in [0.05, 0.1) is 12.6 Å². The molecule has 2 heterocycles. The van der Waals surface area contributed by atoms with Crippen LogP contribution in [0.3, 0.4) is 0 Å². The Kier molecular flexibility index (Phi) is 5.87. The Balaban J connectivity index is 1.60. The van der Waals surface area contributed by atoms with Crippen molar-refractivity contribution in [3.05, 3.63) is 66.5 Å². The molecule has 8 heteroatoms. The Bertz CT molecular complexity index is 1260. The number of carbonyl (C=O) groups excluding carboxylic acids is 1. The average molecular weight is 413 g/mol. The van der Waals surface area contributed by atoms with Crippen LogP contribution in [0.5, 0.6) is 0 Å². The molecule has 2 aromatic heterocycles. The van der Waals surface area contributed by atoms with Crippen molar-refractivity contribution >= 4 is 28.6 Å². The summed E-state index contributed by atoms with van der Waals surface area (Å²) in [4.78, 5) is 24.6. The van der Waals surface area contributed by atoms with Crippen molar-refractivity contribution in [1.82, 2.24) is 15.0 Å². The Labute approximate surface area is 178 Å². The molecule has 4 rings (SSSR count). The number of rotatable bonds is 6. The molecule has 0 spiro atoms. The van der Waals surface area contributed by atoms with E-state index >= 15 is 0 Å². The minimum absolute atomic E-state index is 0.115. The molecule has 8 nitrogen and oxygen atoms in total. The maximum atomic E-state index is 11.6. The number of anilines is 2. The number of amides is 1. The summed E-state index contributed by atoms with van der Waals surface area (Å²) in [6.45, 7) is 1.49. The summed E-state index contributed by atoms with van der Waals surface area (Å²) in [5, 5.41) is 15.7. The minimum Gasteiger partial charge on any atom is -0.417 e. The lowest BCUT2D eigenvalue weighted by Crippen LogP contribution is -2.15. The molecular weight excluding hydrogens is 394 g/mol. The normalized spacial score (nSPS) is 11.4. The van der Waals surface area contributed by atoms with Gasteiger partial charge in [0, 0.05) is 11.3 Å². The summed E-state index contributed by atoms with van der Waals surface area (Å²) in [6.07, 6.45) is 1.38. The second-order valence-corrected chi connectivity index (χ2v) is 6.59. The third-order valence-corrected chi connectivity index (χ3v) is 4.52. The van der Waals surface area contributed by atoms with E-state index in [1.807, 2.05) is 30.3 Å². The average Bonchev–Trinajstić information content (AvgIpc) is 3.24. The summed E-state index contributed by atoms with van der Waals surface area (Å²) >= 11 is 0. The third kappa shape index (κ3) is 4.52. The largest absolute Gasteiger partial charge is 0.417 e. The number of hydrogen-bond donors (Lipinski definition) is 3. The van der Waals surface area contributed by atoms with E-state index < -0.39 is 0 Å². The van der Waals surface area contributed by atoms with E-state index in [1.54, 1.807) is 31.2 Å². The van der Waals surface area contributed by atoms with Crippen LogP contribution in [0, 0.1) is 11.8 Å². The van der Waals surface area contributed by atoms with Crippen LogP contribution in [0.25, 0.3) is 22.7 Å². The molecule has 0 aliphatic rings. The third-order valence-electron chi connectivity index (χ3n) is 4.52. The number of fused-ring (bicyclic) bond motifs is 1. The highest BCUT2D eigenvalue weighted by atomic mass is 16.4. The molecule has 0 saturated carbocycles. The number of aliphatic hydroxyl groups excluding tert-OH is 1. The molecule has 0 aliphatic carbocycles. The van der Waals surface area contributed by atoms with Gasteiger partial charge in [0.15, 0.2) is 11.3 Å². The SMILES string of the molecule is CC#CC(=O)Nc1ccc(-c2nc3c(N[C@H](CO)c4ccccc4)ncnc3o2)cc1. The monoisotopic (exact) mass is 413 g/mol. The molecule has 0 radical (unpaired) electrons. The summed E-state index contributed by atoms with van der Waals surface area (Å²) in [7, 11) is 0. The van der Waals surface area contributed by atoms with Gasteiger partial charge in [-0.1, -0.05) is 36.3 Å². The van der Waals surface area contributed by atoms with Gasteiger partial charge < -0.3 is 20.2 Å². The van der Waals surface area contributed by atoms with Gasteiger partial charge in [-0.2, -0.15) is 4.98 Å². The first-order valence-electron chi connectivity index (χ1n) is 9.56. The molecule has 1 amide bonds. The van der Waals surface area contributed by atoms with Crippen molar-refractivity contribution in [1.29, 1.82) is 0 Å². The molecule has 154 valence electrons. The second-order valence-electron chi connectivity index (χ2n) is 6.59. The Morgan fingerprint density at radius 1 is 1.13 bits per heavy atom. The van der Waals surface area contributed by atoms with Crippen LogP contribution >= 0.6 is 0 Å². The molecule has 4 aromatic rings. The minimum atomic E-state index is -0.375. The van der Waals surface area contributed by atoms with Crippen molar-refractivity contribution in [3.63, 3.8) is 0 Å². The van der Waals surface area contributed by atoms with Gasteiger partial charge in [0.1, 0.15) is 6.33 Å². The van der Waals surface area contributed by atoms with Crippen LogP contribution in [0.2, 0.25) is 0 Å². The van der Waals surface area contributed by atoms with Crippen LogP contribution in [-0.4, -0.2) is 32.6 Å². The van der Waals surface area contributed by atoms with E-state index in [0.29, 0.717) is 34.2 Å². The highest BCUT2D eigenvalue weighted by molar-refractivity contribution is 6.03. The quantitative estimate of drug-likeness (QED) is 0.415. The fourth-order valence-corrected chi connectivity index (χ4v) is 3.04. The number of benzene rings is 2. The van der Waals surface area contributed by atoms with Crippen molar-refractivity contribution in [2.45, 2.75) is 13.0 Å².